The molecule has 26 heavy (non-hydrogen) atoms. The number of aryl methyl sites for hydroxylation is 1. The molecule has 0 aliphatic rings. The fraction of sp³-hybridized carbons (Fsp3) is 0.222. The molecule has 1 N–H and O–H groups in total. The lowest BCUT2D eigenvalue weighted by Crippen LogP contribution is -3.07. The molecule has 0 saturated carbocycles. The predicted molar refractivity (Wildman–Crippen MR) is 99.2 cm³/mol. The van der Waals surface area contributed by atoms with Crippen molar-refractivity contribution in [1.29, 1.82) is 0 Å². The molecule has 2 aromatic carbocycles. The summed E-state index contributed by atoms with van der Waals surface area (Å²) in [5.41, 5.74) is 3.02. The fourth-order valence-corrected chi connectivity index (χ4v) is 2.90. The van der Waals surface area contributed by atoms with Crippen molar-refractivity contribution in [2.75, 3.05) is 7.05 Å². The molecule has 0 spiro atoms. The van der Waals surface area contributed by atoms with Gasteiger partial charge in [-0.25, -0.2) is 0 Å². The zero-order valence-electron chi connectivity index (χ0n) is 14.5. The van der Waals surface area contributed by atoms with Crippen LogP contribution in [0.2, 0.25) is 0 Å². The molecular formula is C18H19N4O3S+. The summed E-state index contributed by atoms with van der Waals surface area (Å²) in [4.78, 5) is 11.9. The van der Waals surface area contributed by atoms with E-state index in [0.717, 1.165) is 6.54 Å². The first kappa shape index (κ1) is 18.0. The molecule has 8 heteroatoms. The van der Waals surface area contributed by atoms with Gasteiger partial charge < -0.3 is 9.32 Å². The van der Waals surface area contributed by atoms with Crippen molar-refractivity contribution < 1.29 is 14.2 Å². The maximum atomic E-state index is 10.9. The van der Waals surface area contributed by atoms with E-state index in [1.165, 1.54) is 28.2 Å². The Morgan fingerprint density at radius 1 is 1.27 bits per heavy atom. The number of benzene rings is 2. The minimum atomic E-state index is -0.449. The highest BCUT2D eigenvalue weighted by molar-refractivity contribution is 7.71. The van der Waals surface area contributed by atoms with Crippen LogP contribution in [0.15, 0.2) is 52.9 Å². The standard InChI is InChI=1S/C18H18N4O3S/c1-13-6-3-4-7-15(13)11-20(2)12-21-18(26)25-17(19-21)14-8-5-9-16(10-14)22(23)24/h3-10H,11-12H2,1-2H3/p+1. The number of aromatic nitrogens is 2. The van der Waals surface area contributed by atoms with Gasteiger partial charge in [0, 0.05) is 23.3 Å². The second-order valence-electron chi connectivity index (χ2n) is 6.20. The quantitative estimate of drug-likeness (QED) is 0.409. The summed E-state index contributed by atoms with van der Waals surface area (Å²) in [6, 6.07) is 14.4. The van der Waals surface area contributed by atoms with E-state index in [4.69, 9.17) is 16.6 Å². The Morgan fingerprint density at radius 2 is 2.04 bits per heavy atom. The minimum absolute atomic E-state index is 0.0135. The van der Waals surface area contributed by atoms with Gasteiger partial charge >= 0.3 is 0 Å². The van der Waals surface area contributed by atoms with Gasteiger partial charge in [-0.05, 0) is 30.8 Å². The highest BCUT2D eigenvalue weighted by Crippen LogP contribution is 2.22. The van der Waals surface area contributed by atoms with Gasteiger partial charge in [-0.1, -0.05) is 30.3 Å². The van der Waals surface area contributed by atoms with Crippen LogP contribution in [-0.2, 0) is 13.2 Å². The number of nitrogens with one attached hydrogen (secondary N) is 1. The van der Waals surface area contributed by atoms with Crippen LogP contribution in [0.4, 0.5) is 5.69 Å². The maximum absolute atomic E-state index is 10.9. The number of rotatable bonds is 6. The Labute approximate surface area is 155 Å². The highest BCUT2D eigenvalue weighted by Gasteiger charge is 2.15. The molecule has 1 heterocycles. The predicted octanol–water partition coefficient (Wildman–Crippen LogP) is 2.76. The van der Waals surface area contributed by atoms with Gasteiger partial charge in [-0.3, -0.25) is 10.1 Å². The van der Waals surface area contributed by atoms with E-state index < -0.39 is 4.92 Å². The third kappa shape index (κ3) is 4.04. The third-order valence-electron chi connectivity index (χ3n) is 4.08. The highest BCUT2D eigenvalue weighted by atomic mass is 32.1. The van der Waals surface area contributed by atoms with Gasteiger partial charge in [-0.15, -0.1) is 5.10 Å². The zero-order chi connectivity index (χ0) is 18.7. The average molecular weight is 371 g/mol. The summed E-state index contributed by atoms with van der Waals surface area (Å²) >= 11 is 5.25. The monoisotopic (exact) mass is 371 g/mol. The van der Waals surface area contributed by atoms with Crippen LogP contribution >= 0.6 is 12.2 Å². The number of non-ortho nitro benzene ring substituents is 1. The smallest absolute Gasteiger partial charge is 0.292 e. The van der Waals surface area contributed by atoms with E-state index in [1.54, 1.807) is 16.8 Å². The molecule has 1 atom stereocenters. The summed E-state index contributed by atoms with van der Waals surface area (Å²) < 4.78 is 7.15. The van der Waals surface area contributed by atoms with Crippen LogP contribution in [0.5, 0.6) is 0 Å². The van der Waals surface area contributed by atoms with Crippen molar-refractivity contribution in [2.45, 2.75) is 20.1 Å². The Hall–Kier alpha value is -2.84. The van der Waals surface area contributed by atoms with Crippen LogP contribution in [0.1, 0.15) is 11.1 Å². The van der Waals surface area contributed by atoms with Crippen LogP contribution in [0.3, 0.4) is 0 Å². The van der Waals surface area contributed by atoms with Crippen molar-refractivity contribution in [3.05, 3.63) is 74.6 Å². The number of nitro benzene ring substituents is 1. The molecule has 1 aromatic heterocycles. The van der Waals surface area contributed by atoms with E-state index in [0.29, 0.717) is 12.2 Å². The van der Waals surface area contributed by atoms with Gasteiger partial charge in [0.15, 0.2) is 6.67 Å². The lowest BCUT2D eigenvalue weighted by atomic mass is 10.1. The van der Waals surface area contributed by atoms with Crippen LogP contribution < -0.4 is 4.90 Å². The van der Waals surface area contributed by atoms with Crippen LogP contribution in [0.25, 0.3) is 11.5 Å². The molecule has 0 amide bonds. The van der Waals surface area contributed by atoms with Gasteiger partial charge in [0.2, 0.25) is 5.89 Å². The molecule has 134 valence electrons. The van der Waals surface area contributed by atoms with Crippen molar-refractivity contribution in [2.24, 2.45) is 0 Å². The van der Waals surface area contributed by atoms with Gasteiger partial charge in [-0.2, -0.15) is 4.68 Å². The summed E-state index contributed by atoms with van der Waals surface area (Å²) in [6.45, 7) is 3.45. The maximum Gasteiger partial charge on any atom is 0.292 e. The average Bonchev–Trinajstić information content (AvgIpc) is 2.98. The fourth-order valence-electron chi connectivity index (χ4n) is 2.72. The third-order valence-corrected chi connectivity index (χ3v) is 4.38. The molecule has 3 rings (SSSR count). The molecule has 0 saturated heterocycles. The minimum Gasteiger partial charge on any atom is -0.409 e. The number of hydrogen-bond acceptors (Lipinski definition) is 5. The number of nitrogens with zero attached hydrogens (tertiary/aromatic N) is 3. The lowest BCUT2D eigenvalue weighted by Gasteiger charge is -2.14. The van der Waals surface area contributed by atoms with Crippen molar-refractivity contribution in [1.82, 2.24) is 9.78 Å². The molecule has 0 bridgehead atoms. The van der Waals surface area contributed by atoms with E-state index in [2.05, 4.69) is 31.2 Å². The molecule has 1 unspecified atom stereocenters. The molecule has 0 aliphatic heterocycles. The Kier molecular flexibility index (Phi) is 5.24. The Bertz CT molecular complexity index is 996. The normalized spacial score (nSPS) is 12.1. The molecule has 0 fully saturated rings. The second-order valence-corrected chi connectivity index (χ2v) is 6.55. The number of hydrogen-bond donors (Lipinski definition) is 1. The number of nitro groups is 1. The van der Waals surface area contributed by atoms with E-state index in [9.17, 15) is 10.1 Å². The van der Waals surface area contributed by atoms with Gasteiger partial charge in [0.1, 0.15) is 6.54 Å². The van der Waals surface area contributed by atoms with E-state index in [1.807, 2.05) is 12.1 Å². The first-order valence-corrected chi connectivity index (χ1v) is 8.53. The summed E-state index contributed by atoms with van der Waals surface area (Å²) in [5.74, 6) is 0.280. The molecule has 0 radical (unpaired) electrons. The van der Waals surface area contributed by atoms with Gasteiger partial charge in [0.25, 0.3) is 10.5 Å². The van der Waals surface area contributed by atoms with Crippen molar-refractivity contribution in [3.8, 4) is 11.5 Å². The molecular weight excluding hydrogens is 352 g/mol. The summed E-state index contributed by atoms with van der Waals surface area (Å²) in [7, 11) is 2.05. The summed E-state index contributed by atoms with van der Waals surface area (Å²) in [6.07, 6.45) is 0. The molecule has 0 aliphatic carbocycles. The van der Waals surface area contributed by atoms with Crippen molar-refractivity contribution in [3.63, 3.8) is 0 Å². The first-order chi connectivity index (χ1) is 12.4. The molecule has 7 nitrogen and oxygen atoms in total. The van der Waals surface area contributed by atoms with E-state index >= 15 is 0 Å². The Balaban J connectivity index is 1.78. The first-order valence-electron chi connectivity index (χ1n) is 8.12. The second kappa shape index (κ2) is 7.59. The largest absolute Gasteiger partial charge is 0.409 e. The number of quaternary nitrogens is 1. The summed E-state index contributed by atoms with van der Waals surface area (Å²) in [5, 5.41) is 15.3. The van der Waals surface area contributed by atoms with E-state index in [-0.39, 0.29) is 16.4 Å². The Morgan fingerprint density at radius 3 is 2.77 bits per heavy atom. The van der Waals surface area contributed by atoms with Gasteiger partial charge in [0.05, 0.1) is 12.0 Å². The topological polar surface area (TPSA) is 78.5 Å². The SMILES string of the molecule is Cc1ccccc1C[NH+](C)Cn1nc(-c2cccc([N+](=O)[O-])c2)oc1=S. The van der Waals surface area contributed by atoms with Crippen molar-refractivity contribution >= 4 is 17.9 Å². The zero-order valence-corrected chi connectivity index (χ0v) is 15.3. The molecule has 3 aromatic rings. The van der Waals surface area contributed by atoms with Crippen LogP contribution in [0, 0.1) is 21.9 Å². The van der Waals surface area contributed by atoms with Crippen LogP contribution in [-0.4, -0.2) is 21.8 Å². The lowest BCUT2D eigenvalue weighted by molar-refractivity contribution is -0.917.